The van der Waals surface area contributed by atoms with E-state index in [9.17, 15) is 24.2 Å². The fourth-order valence-electron chi connectivity index (χ4n) is 5.73. The van der Waals surface area contributed by atoms with Crippen LogP contribution in [0.3, 0.4) is 0 Å². The summed E-state index contributed by atoms with van der Waals surface area (Å²) in [5, 5.41) is 12.6. The van der Waals surface area contributed by atoms with Crippen molar-refractivity contribution in [2.45, 2.75) is 206 Å². The Kier molecular flexibility index (Phi) is 35.1. The molecular formula is C38H76NO8P. The van der Waals surface area contributed by atoms with Crippen LogP contribution in [0.5, 0.6) is 0 Å². The van der Waals surface area contributed by atoms with Gasteiger partial charge in [-0.15, -0.1) is 0 Å². The molecule has 48 heavy (non-hydrogen) atoms. The van der Waals surface area contributed by atoms with Crippen LogP contribution in [-0.2, 0) is 27.9 Å². The van der Waals surface area contributed by atoms with Crippen molar-refractivity contribution in [1.82, 2.24) is 5.32 Å². The minimum atomic E-state index is -4.40. The van der Waals surface area contributed by atoms with E-state index in [4.69, 9.17) is 13.8 Å². The van der Waals surface area contributed by atoms with E-state index in [-0.39, 0.29) is 32.1 Å². The van der Waals surface area contributed by atoms with Crippen LogP contribution in [0.4, 0.5) is 0 Å². The highest BCUT2D eigenvalue weighted by Crippen LogP contribution is 2.42. The summed E-state index contributed by atoms with van der Waals surface area (Å²) < 4.78 is 26.7. The zero-order chi connectivity index (χ0) is 35.4. The summed E-state index contributed by atoms with van der Waals surface area (Å²) in [7, 11) is -4.40. The van der Waals surface area contributed by atoms with Gasteiger partial charge >= 0.3 is 13.8 Å². The van der Waals surface area contributed by atoms with E-state index in [1.165, 1.54) is 135 Å². The van der Waals surface area contributed by atoms with Crippen molar-refractivity contribution in [1.29, 1.82) is 0 Å². The van der Waals surface area contributed by atoms with E-state index in [0.29, 0.717) is 6.42 Å². The number of phosphoric ester groups is 1. The summed E-state index contributed by atoms with van der Waals surface area (Å²) in [6.07, 6.45) is 33.3. The lowest BCUT2D eigenvalue weighted by Gasteiger charge is -2.15. The number of carbonyl (C=O) groups is 2. The molecular weight excluding hydrogens is 629 g/mol. The van der Waals surface area contributed by atoms with Gasteiger partial charge < -0.3 is 20.1 Å². The second kappa shape index (κ2) is 35.8. The highest BCUT2D eigenvalue weighted by molar-refractivity contribution is 7.47. The van der Waals surface area contributed by atoms with E-state index < -0.39 is 26.5 Å². The van der Waals surface area contributed by atoms with Gasteiger partial charge in [0, 0.05) is 19.4 Å². The molecule has 0 aromatic heterocycles. The molecule has 3 N–H and O–H groups in total. The highest BCUT2D eigenvalue weighted by atomic mass is 31.2. The first-order valence-corrected chi connectivity index (χ1v) is 21.5. The Labute approximate surface area is 295 Å². The van der Waals surface area contributed by atoms with E-state index in [1.54, 1.807) is 0 Å². The van der Waals surface area contributed by atoms with Crippen LogP contribution in [0, 0.1) is 0 Å². The molecule has 0 aromatic rings. The number of phosphoric acid groups is 1. The topological polar surface area (TPSA) is 131 Å². The van der Waals surface area contributed by atoms with Crippen molar-refractivity contribution in [3.05, 3.63) is 0 Å². The molecule has 0 aliphatic carbocycles. The summed E-state index contributed by atoms with van der Waals surface area (Å²) in [5.74, 6) is -0.510. The molecule has 0 radical (unpaired) electrons. The maximum Gasteiger partial charge on any atom is 0.472 e. The first kappa shape index (κ1) is 47.0. The van der Waals surface area contributed by atoms with Crippen LogP contribution >= 0.6 is 7.82 Å². The minimum absolute atomic E-state index is 0.0881. The lowest BCUT2D eigenvalue weighted by Crippen LogP contribution is -2.27. The second-order valence-corrected chi connectivity index (χ2v) is 15.1. The van der Waals surface area contributed by atoms with Gasteiger partial charge in [-0.25, -0.2) is 4.57 Å². The number of esters is 1. The van der Waals surface area contributed by atoms with Gasteiger partial charge in [0.1, 0.15) is 12.7 Å². The number of nitrogens with one attached hydrogen (secondary N) is 1. The predicted octanol–water partition coefficient (Wildman–Crippen LogP) is 10.5. The molecule has 10 heteroatoms. The molecule has 0 aliphatic heterocycles. The highest BCUT2D eigenvalue weighted by Gasteiger charge is 2.23. The SMILES string of the molecule is CCCCCCCCCCCCCCCCCCCCC(=O)NCCOP(=O)(O)OCC(O)COC(=O)CCCCCCCCCCC. The van der Waals surface area contributed by atoms with Crippen molar-refractivity contribution in [3.63, 3.8) is 0 Å². The number of unbranched alkanes of at least 4 members (excludes halogenated alkanes) is 25. The van der Waals surface area contributed by atoms with Crippen molar-refractivity contribution >= 4 is 19.7 Å². The van der Waals surface area contributed by atoms with E-state index >= 15 is 0 Å². The number of amides is 1. The molecule has 0 aromatic carbocycles. The van der Waals surface area contributed by atoms with Gasteiger partial charge in [-0.1, -0.05) is 174 Å². The smallest absolute Gasteiger partial charge is 0.463 e. The Balaban J connectivity index is 3.54. The zero-order valence-electron chi connectivity index (χ0n) is 31.2. The van der Waals surface area contributed by atoms with Crippen molar-refractivity contribution in [2.24, 2.45) is 0 Å². The van der Waals surface area contributed by atoms with Gasteiger partial charge in [-0.2, -0.15) is 0 Å². The number of aliphatic hydroxyl groups is 1. The fraction of sp³-hybridized carbons (Fsp3) is 0.947. The first-order valence-electron chi connectivity index (χ1n) is 20.0. The number of hydrogen-bond donors (Lipinski definition) is 3. The number of aliphatic hydroxyl groups excluding tert-OH is 1. The Morgan fingerprint density at radius 3 is 1.35 bits per heavy atom. The quantitative estimate of drug-likeness (QED) is 0.0329. The van der Waals surface area contributed by atoms with Crippen molar-refractivity contribution < 1.29 is 37.9 Å². The monoisotopic (exact) mass is 706 g/mol. The Morgan fingerprint density at radius 1 is 0.562 bits per heavy atom. The normalized spacial score (nSPS) is 13.3. The summed E-state index contributed by atoms with van der Waals surface area (Å²) in [5.41, 5.74) is 0. The number of hydrogen-bond acceptors (Lipinski definition) is 7. The minimum Gasteiger partial charge on any atom is -0.463 e. The average molecular weight is 706 g/mol. The van der Waals surface area contributed by atoms with Crippen molar-refractivity contribution in [2.75, 3.05) is 26.4 Å². The molecule has 9 nitrogen and oxygen atoms in total. The van der Waals surface area contributed by atoms with Gasteiger partial charge in [0.05, 0.1) is 13.2 Å². The van der Waals surface area contributed by atoms with Crippen LogP contribution in [0.15, 0.2) is 0 Å². The maximum atomic E-state index is 12.0. The lowest BCUT2D eigenvalue weighted by molar-refractivity contribution is -0.147. The van der Waals surface area contributed by atoms with Crippen LogP contribution in [0.25, 0.3) is 0 Å². The van der Waals surface area contributed by atoms with Gasteiger partial charge in [-0.05, 0) is 12.8 Å². The second-order valence-electron chi connectivity index (χ2n) is 13.6. The molecule has 2 unspecified atom stereocenters. The number of carbonyl (C=O) groups excluding carboxylic acids is 2. The molecule has 286 valence electrons. The van der Waals surface area contributed by atoms with Crippen LogP contribution in [0.1, 0.15) is 200 Å². The van der Waals surface area contributed by atoms with Crippen LogP contribution < -0.4 is 5.32 Å². The third-order valence-electron chi connectivity index (χ3n) is 8.79. The summed E-state index contributed by atoms with van der Waals surface area (Å²) in [6, 6.07) is 0. The van der Waals surface area contributed by atoms with Crippen molar-refractivity contribution in [3.8, 4) is 0 Å². The molecule has 0 fully saturated rings. The molecule has 1 amide bonds. The Bertz CT molecular complexity index is 769. The molecule has 2 atom stereocenters. The number of rotatable bonds is 38. The van der Waals surface area contributed by atoms with Crippen LogP contribution in [0.2, 0.25) is 0 Å². The Hall–Kier alpha value is -0.990. The lowest BCUT2D eigenvalue weighted by atomic mass is 10.0. The third-order valence-corrected chi connectivity index (χ3v) is 9.77. The molecule has 0 bridgehead atoms. The van der Waals surface area contributed by atoms with Crippen LogP contribution in [-0.4, -0.2) is 54.3 Å². The first-order chi connectivity index (χ1) is 23.3. The predicted molar refractivity (Wildman–Crippen MR) is 197 cm³/mol. The summed E-state index contributed by atoms with van der Waals surface area (Å²) in [6.45, 7) is 3.55. The standard InChI is InChI=1S/C38H76NO8P/c1-3-5-7-9-11-13-14-15-16-17-18-19-20-21-23-24-26-28-30-37(41)39-32-33-46-48(43,44)47-35-36(40)34-45-38(42)31-29-27-25-22-12-10-8-6-4-2/h36,40H,3-35H2,1-2H3,(H,39,41)(H,43,44). The number of ether oxygens (including phenoxy) is 1. The van der Waals surface area contributed by atoms with E-state index in [2.05, 4.69) is 19.2 Å². The maximum absolute atomic E-state index is 12.0. The van der Waals surface area contributed by atoms with E-state index in [1.807, 2.05) is 0 Å². The summed E-state index contributed by atoms with van der Waals surface area (Å²) in [4.78, 5) is 33.7. The van der Waals surface area contributed by atoms with Gasteiger partial charge in [0.2, 0.25) is 5.91 Å². The van der Waals surface area contributed by atoms with Gasteiger partial charge in [0.15, 0.2) is 0 Å². The fourth-order valence-corrected chi connectivity index (χ4v) is 6.49. The largest absolute Gasteiger partial charge is 0.472 e. The molecule has 0 spiro atoms. The zero-order valence-corrected chi connectivity index (χ0v) is 32.1. The molecule has 0 rings (SSSR count). The molecule has 0 heterocycles. The van der Waals surface area contributed by atoms with Gasteiger partial charge in [-0.3, -0.25) is 18.6 Å². The Morgan fingerprint density at radius 2 is 0.938 bits per heavy atom. The molecule has 0 saturated heterocycles. The molecule has 0 aliphatic rings. The summed E-state index contributed by atoms with van der Waals surface area (Å²) >= 11 is 0. The van der Waals surface area contributed by atoms with Gasteiger partial charge in [0.25, 0.3) is 0 Å². The van der Waals surface area contributed by atoms with E-state index in [0.717, 1.165) is 38.5 Å². The molecule has 0 saturated carbocycles. The average Bonchev–Trinajstić information content (AvgIpc) is 3.07. The third kappa shape index (κ3) is 36.3.